The minimum Gasteiger partial charge on any atom is -0.140 e. The fourth-order valence-corrected chi connectivity index (χ4v) is 15.2. The van der Waals surface area contributed by atoms with E-state index in [2.05, 4.69) is 100.0 Å². The van der Waals surface area contributed by atoms with Gasteiger partial charge in [-0.2, -0.15) is 0 Å². The molecule has 41 heavy (non-hydrogen) atoms. The third-order valence-electron chi connectivity index (χ3n) is 9.47. The summed E-state index contributed by atoms with van der Waals surface area (Å²) in [5, 5.41) is 15.5. The van der Waals surface area contributed by atoms with Gasteiger partial charge in [-0.25, -0.2) is 0 Å². The highest BCUT2D eigenvalue weighted by molar-refractivity contribution is 8.03. The van der Waals surface area contributed by atoms with Crippen molar-refractivity contribution in [1.29, 1.82) is 0 Å². The minimum atomic E-state index is 0.474. The van der Waals surface area contributed by atoms with E-state index in [1.54, 1.807) is 32.7 Å². The summed E-state index contributed by atoms with van der Waals surface area (Å²) in [5.41, 5.74) is 3.32. The molecule has 0 saturated carbocycles. The highest BCUT2D eigenvalue weighted by atomic mass is 32.2. The van der Waals surface area contributed by atoms with Crippen LogP contribution in [0.5, 0.6) is 0 Å². The summed E-state index contributed by atoms with van der Waals surface area (Å²) in [6.07, 6.45) is 5.16. The Morgan fingerprint density at radius 3 is 1.44 bits per heavy atom. The maximum absolute atomic E-state index is 2.61. The smallest absolute Gasteiger partial charge is 0.0437 e. The summed E-state index contributed by atoms with van der Waals surface area (Å²) in [4.78, 5) is 7.16. The second-order valence-electron chi connectivity index (χ2n) is 12.1. The van der Waals surface area contributed by atoms with Gasteiger partial charge in [-0.15, -0.1) is 68.9 Å². The lowest BCUT2D eigenvalue weighted by Crippen LogP contribution is -2.25. The van der Waals surface area contributed by atoms with Gasteiger partial charge < -0.3 is 0 Å². The molecular weight excluding hydrogens is 613 g/mol. The summed E-state index contributed by atoms with van der Waals surface area (Å²) < 4.78 is 6.03. The number of hydrogen-bond acceptors (Lipinski definition) is 6. The Morgan fingerprint density at radius 2 is 0.951 bits per heavy atom. The molecule has 0 nitrogen and oxygen atoms in total. The molecule has 202 valence electrons. The van der Waals surface area contributed by atoms with E-state index in [0.29, 0.717) is 22.3 Å². The van der Waals surface area contributed by atoms with Crippen LogP contribution in [0.4, 0.5) is 0 Å². The van der Waals surface area contributed by atoms with Crippen LogP contribution in [0.15, 0.2) is 46.7 Å². The third-order valence-corrected chi connectivity index (χ3v) is 16.2. The van der Waals surface area contributed by atoms with E-state index in [1.807, 2.05) is 45.3 Å². The highest BCUT2D eigenvalue weighted by Gasteiger charge is 2.48. The zero-order chi connectivity index (χ0) is 27.5. The van der Waals surface area contributed by atoms with Crippen molar-refractivity contribution < 1.29 is 0 Å². The average Bonchev–Trinajstić information content (AvgIpc) is 3.74. The van der Waals surface area contributed by atoms with Crippen molar-refractivity contribution in [1.82, 2.24) is 0 Å². The van der Waals surface area contributed by atoms with Gasteiger partial charge in [0.25, 0.3) is 0 Å². The number of thioether (sulfide) groups is 2. The van der Waals surface area contributed by atoms with Gasteiger partial charge >= 0.3 is 0 Å². The standard InChI is InChI=1S/C35H26S6/c1-13-8-19-18-6-7-36-30(18)24-25(31(19)37-13)27-29(35-23(12-17(5)41-35)22-11-16(4)39-33(22)27)28-26(24)32-20(9-14(2)38-32)21-10-15(3)40-34(21)28/h6-12,18-19,30-31H,1-5H3. The first-order valence-electron chi connectivity index (χ1n) is 14.2. The molecular formula is C35H26S6. The number of allylic oxidation sites excluding steroid dienone is 3. The highest BCUT2D eigenvalue weighted by Crippen LogP contribution is 2.67. The molecule has 2 aliphatic heterocycles. The molecule has 0 fully saturated rings. The van der Waals surface area contributed by atoms with Crippen molar-refractivity contribution >= 4 is 131 Å². The summed E-state index contributed by atoms with van der Waals surface area (Å²) in [5.74, 6) is 1.13. The molecule has 4 unspecified atom stereocenters. The van der Waals surface area contributed by atoms with E-state index in [9.17, 15) is 0 Å². The van der Waals surface area contributed by atoms with Gasteiger partial charge in [0.1, 0.15) is 0 Å². The fraction of sp³-hybridized carbons (Fsp3) is 0.257. The lowest BCUT2D eigenvalue weighted by molar-refractivity contribution is 0.442. The Kier molecular flexibility index (Phi) is 4.94. The Balaban J connectivity index is 1.60. The molecule has 6 heteroatoms. The molecule has 0 saturated heterocycles. The van der Waals surface area contributed by atoms with Crippen molar-refractivity contribution in [3.63, 3.8) is 0 Å². The SMILES string of the molecule is CC1=CC2C(S1)c1c(c3c4sc(C)cc4c4cc(C)sc4c3c3c4sc(C)cc4c4cc(C)sc4c13)C1SC=CC12. The monoisotopic (exact) mass is 638 g/mol. The van der Waals surface area contributed by atoms with E-state index < -0.39 is 0 Å². The zero-order valence-corrected chi connectivity index (χ0v) is 28.2. The molecule has 0 spiro atoms. The Hall–Kier alpha value is -1.80. The van der Waals surface area contributed by atoms with Crippen LogP contribution in [-0.4, -0.2) is 0 Å². The molecule has 0 amide bonds. The molecule has 10 rings (SSSR count). The van der Waals surface area contributed by atoms with Gasteiger partial charge in [0.15, 0.2) is 0 Å². The van der Waals surface area contributed by atoms with Gasteiger partial charge in [-0.1, -0.05) is 12.2 Å². The molecule has 0 bridgehead atoms. The number of rotatable bonds is 0. The topological polar surface area (TPSA) is 0 Å². The summed E-state index contributed by atoms with van der Waals surface area (Å²) in [7, 11) is 0. The van der Waals surface area contributed by atoms with Crippen LogP contribution in [0.25, 0.3) is 61.9 Å². The quantitative estimate of drug-likeness (QED) is 0.152. The fourth-order valence-electron chi connectivity index (χ4n) is 8.15. The van der Waals surface area contributed by atoms with Gasteiger partial charge in [0, 0.05) is 104 Å². The van der Waals surface area contributed by atoms with Crippen LogP contribution in [0, 0.1) is 39.5 Å². The number of thiophene rings is 4. The van der Waals surface area contributed by atoms with Crippen LogP contribution in [0.1, 0.15) is 48.1 Å². The molecule has 0 radical (unpaired) electrons. The van der Waals surface area contributed by atoms with Crippen molar-refractivity contribution in [2.75, 3.05) is 0 Å². The van der Waals surface area contributed by atoms with Gasteiger partial charge in [0.2, 0.25) is 0 Å². The average molecular weight is 639 g/mol. The van der Waals surface area contributed by atoms with Gasteiger partial charge in [-0.05, 0) is 80.3 Å². The first-order chi connectivity index (χ1) is 19.9. The predicted molar refractivity (Wildman–Crippen MR) is 192 cm³/mol. The number of benzene rings is 3. The Morgan fingerprint density at radius 1 is 0.512 bits per heavy atom. The summed E-state index contributed by atoms with van der Waals surface area (Å²) in [6.45, 7) is 11.6. The molecule has 6 heterocycles. The van der Waals surface area contributed by atoms with E-state index >= 15 is 0 Å². The maximum atomic E-state index is 2.61. The second kappa shape index (κ2) is 8.22. The number of hydrogen-bond donors (Lipinski definition) is 0. The summed E-state index contributed by atoms with van der Waals surface area (Å²) in [6, 6.07) is 9.88. The zero-order valence-electron chi connectivity index (χ0n) is 23.3. The lowest BCUT2D eigenvalue weighted by atomic mass is 9.71. The van der Waals surface area contributed by atoms with Crippen molar-refractivity contribution in [3.05, 3.63) is 77.4 Å². The molecule has 3 aromatic carbocycles. The Labute approximate surface area is 263 Å². The molecule has 4 aromatic heterocycles. The maximum Gasteiger partial charge on any atom is 0.0437 e. The normalized spacial score (nSPS) is 23.6. The van der Waals surface area contributed by atoms with E-state index in [-0.39, 0.29) is 0 Å². The molecule has 3 aliphatic rings. The first-order valence-corrected chi connectivity index (χ1v) is 19.3. The molecule has 0 N–H and O–H groups in total. The Bertz CT molecular complexity index is 2400. The van der Waals surface area contributed by atoms with E-state index in [4.69, 9.17) is 0 Å². The van der Waals surface area contributed by atoms with E-state index in [0.717, 1.165) is 0 Å². The number of aryl methyl sites for hydroxylation is 4. The predicted octanol–water partition coefficient (Wildman–Crippen LogP) is 13.3. The van der Waals surface area contributed by atoms with Gasteiger partial charge in [-0.3, -0.25) is 0 Å². The lowest BCUT2D eigenvalue weighted by Gasteiger charge is -2.38. The second-order valence-corrected chi connectivity index (χ2v) is 19.5. The van der Waals surface area contributed by atoms with Crippen LogP contribution in [-0.2, 0) is 0 Å². The van der Waals surface area contributed by atoms with Crippen LogP contribution in [0.3, 0.4) is 0 Å². The van der Waals surface area contributed by atoms with Crippen molar-refractivity contribution in [2.45, 2.75) is 45.1 Å². The summed E-state index contributed by atoms with van der Waals surface area (Å²) >= 11 is 12.3. The van der Waals surface area contributed by atoms with Crippen molar-refractivity contribution in [2.24, 2.45) is 11.8 Å². The van der Waals surface area contributed by atoms with Gasteiger partial charge in [0.05, 0.1) is 0 Å². The van der Waals surface area contributed by atoms with Crippen LogP contribution >= 0.6 is 68.9 Å². The van der Waals surface area contributed by atoms with Crippen LogP contribution in [0.2, 0.25) is 0 Å². The largest absolute Gasteiger partial charge is 0.140 e. The first kappa shape index (κ1) is 24.6. The van der Waals surface area contributed by atoms with Crippen molar-refractivity contribution in [3.8, 4) is 0 Å². The minimum absolute atomic E-state index is 0.474. The molecule has 4 atom stereocenters. The number of fused-ring (bicyclic) bond motifs is 21. The van der Waals surface area contributed by atoms with E-state index in [1.165, 1.54) is 64.8 Å². The molecule has 7 aromatic rings. The van der Waals surface area contributed by atoms with Crippen LogP contribution < -0.4 is 0 Å². The third kappa shape index (κ3) is 3.05. The molecule has 1 aliphatic carbocycles.